The number of nitrogens with one attached hydrogen (secondary N) is 1. The molecule has 3 rings (SSSR count). The van der Waals surface area contributed by atoms with E-state index in [1.807, 2.05) is 4.90 Å². The number of halogens is 3. The molecule has 8 heteroatoms. The number of carbonyl (C=O) groups is 1. The molecule has 0 spiro atoms. The highest BCUT2D eigenvalue weighted by Gasteiger charge is 2.52. The van der Waals surface area contributed by atoms with Crippen molar-refractivity contribution in [1.29, 1.82) is 0 Å². The minimum Gasteiger partial charge on any atom is -0.369 e. The van der Waals surface area contributed by atoms with Gasteiger partial charge in [-0.2, -0.15) is 13.2 Å². The largest absolute Gasteiger partial charge is 0.393 e. The van der Waals surface area contributed by atoms with Crippen molar-refractivity contribution in [3.63, 3.8) is 0 Å². The van der Waals surface area contributed by atoms with Gasteiger partial charge in [-0.15, -0.1) is 0 Å². The summed E-state index contributed by atoms with van der Waals surface area (Å²) in [4.78, 5) is 15.8. The van der Waals surface area contributed by atoms with E-state index in [0.29, 0.717) is 6.04 Å². The minimum atomic E-state index is -4.36. The fourth-order valence-corrected chi connectivity index (χ4v) is 4.54. The number of piperidine rings is 2. The molecule has 3 heterocycles. The second-order valence-electron chi connectivity index (χ2n) is 7.36. The average molecular weight is 348 g/mol. The first-order valence-corrected chi connectivity index (χ1v) is 8.91. The van der Waals surface area contributed by atoms with E-state index in [-0.39, 0.29) is 19.1 Å². The van der Waals surface area contributed by atoms with Gasteiger partial charge in [0, 0.05) is 25.2 Å². The zero-order valence-corrected chi connectivity index (χ0v) is 13.9. The highest BCUT2D eigenvalue weighted by molar-refractivity contribution is 5.77. The quantitative estimate of drug-likeness (QED) is 0.792. The Kier molecular flexibility index (Phi) is 5.36. The molecule has 2 unspecified atom stereocenters. The van der Waals surface area contributed by atoms with Crippen molar-refractivity contribution in [3.8, 4) is 0 Å². The van der Waals surface area contributed by atoms with Gasteiger partial charge in [0.2, 0.25) is 5.91 Å². The zero-order chi connectivity index (χ0) is 17.3. The highest BCUT2D eigenvalue weighted by Crippen LogP contribution is 2.39. The van der Waals surface area contributed by atoms with Crippen LogP contribution < -0.4 is 11.1 Å². The molecule has 3 saturated heterocycles. The number of hydrogen-bond acceptors (Lipinski definition) is 4. The first-order chi connectivity index (χ1) is 11.4. The Morgan fingerprint density at radius 2 is 1.54 bits per heavy atom. The summed E-state index contributed by atoms with van der Waals surface area (Å²) in [5.74, 6) is -3.54. The fraction of sp³-hybridized carbons (Fsp3) is 0.938. The lowest BCUT2D eigenvalue weighted by Gasteiger charge is -2.41. The number of nitrogens with zero attached hydrogens (tertiary/aromatic N) is 2. The van der Waals surface area contributed by atoms with Crippen LogP contribution in [-0.2, 0) is 4.79 Å². The van der Waals surface area contributed by atoms with Crippen LogP contribution in [0.25, 0.3) is 0 Å². The number of carbonyl (C=O) groups excluding carboxylic acids is 1. The summed E-state index contributed by atoms with van der Waals surface area (Å²) in [7, 11) is 0. The molecule has 3 fully saturated rings. The van der Waals surface area contributed by atoms with Crippen LogP contribution in [0.3, 0.4) is 0 Å². The first kappa shape index (κ1) is 17.9. The van der Waals surface area contributed by atoms with Gasteiger partial charge in [0.1, 0.15) is 0 Å². The van der Waals surface area contributed by atoms with E-state index >= 15 is 0 Å². The van der Waals surface area contributed by atoms with Crippen LogP contribution >= 0.6 is 0 Å². The molecule has 3 N–H and O–H groups in total. The molecule has 3 aliphatic rings. The van der Waals surface area contributed by atoms with Crippen LogP contribution in [0.2, 0.25) is 0 Å². The molecule has 0 radical (unpaired) electrons. The number of hydrogen-bond donors (Lipinski definition) is 2. The Labute approximate surface area is 140 Å². The predicted molar refractivity (Wildman–Crippen MR) is 84.3 cm³/mol. The van der Waals surface area contributed by atoms with Crippen molar-refractivity contribution in [1.82, 2.24) is 15.1 Å². The molecular weight excluding hydrogens is 321 g/mol. The monoisotopic (exact) mass is 348 g/mol. The van der Waals surface area contributed by atoms with Crippen molar-refractivity contribution in [2.75, 3.05) is 39.3 Å². The number of likely N-dealkylation sites (tertiary alicyclic amines) is 2. The van der Waals surface area contributed by atoms with Crippen molar-refractivity contribution in [3.05, 3.63) is 0 Å². The van der Waals surface area contributed by atoms with Gasteiger partial charge in [-0.1, -0.05) is 0 Å². The van der Waals surface area contributed by atoms with Crippen molar-refractivity contribution in [2.24, 2.45) is 17.6 Å². The summed E-state index contributed by atoms with van der Waals surface area (Å²) in [5.41, 5.74) is 5.22. The lowest BCUT2D eigenvalue weighted by molar-refractivity contribution is -0.183. The molecule has 0 bridgehead atoms. The van der Waals surface area contributed by atoms with E-state index in [1.165, 1.54) is 0 Å². The van der Waals surface area contributed by atoms with Crippen LogP contribution in [0, 0.1) is 11.8 Å². The number of nitrogens with two attached hydrogens (primary N) is 1. The van der Waals surface area contributed by atoms with E-state index < -0.39 is 23.9 Å². The second-order valence-corrected chi connectivity index (χ2v) is 7.36. The standard InChI is InChI=1S/C16H27F3N4O/c17-16(18,19)14-10-23(9-13(14)15(20)24)12-3-7-22(8-4-12)11-1-5-21-6-2-11/h11-14,21H,1-10H2,(H2,20,24). The Bertz CT molecular complexity index is 445. The van der Waals surface area contributed by atoms with Crippen molar-refractivity contribution in [2.45, 2.75) is 43.9 Å². The maximum atomic E-state index is 13.2. The number of primary amides is 1. The summed E-state index contributed by atoms with van der Waals surface area (Å²) in [6.45, 7) is 4.02. The SMILES string of the molecule is NC(=O)C1CN(C2CCN(C3CCNCC3)CC2)CC1C(F)(F)F. The van der Waals surface area contributed by atoms with Gasteiger partial charge >= 0.3 is 6.18 Å². The van der Waals surface area contributed by atoms with Crippen LogP contribution in [0.1, 0.15) is 25.7 Å². The average Bonchev–Trinajstić information content (AvgIpc) is 3.02. The van der Waals surface area contributed by atoms with Crippen LogP contribution in [-0.4, -0.2) is 73.2 Å². The van der Waals surface area contributed by atoms with Crippen LogP contribution in [0.15, 0.2) is 0 Å². The van der Waals surface area contributed by atoms with E-state index in [4.69, 9.17) is 5.73 Å². The highest BCUT2D eigenvalue weighted by atomic mass is 19.4. The van der Waals surface area contributed by atoms with Crippen molar-refractivity contribution < 1.29 is 18.0 Å². The molecule has 5 nitrogen and oxygen atoms in total. The maximum absolute atomic E-state index is 13.2. The van der Waals surface area contributed by atoms with Gasteiger partial charge in [-0.25, -0.2) is 0 Å². The summed E-state index contributed by atoms with van der Waals surface area (Å²) in [5, 5.41) is 3.36. The maximum Gasteiger partial charge on any atom is 0.393 e. The Morgan fingerprint density at radius 3 is 2.04 bits per heavy atom. The van der Waals surface area contributed by atoms with Gasteiger partial charge in [-0.05, 0) is 51.9 Å². The topological polar surface area (TPSA) is 61.6 Å². The number of alkyl halides is 3. The second kappa shape index (κ2) is 7.17. The predicted octanol–water partition coefficient (Wildman–Crippen LogP) is 0.798. The Hall–Kier alpha value is -0.860. The Morgan fingerprint density at radius 1 is 0.958 bits per heavy atom. The molecule has 2 atom stereocenters. The molecule has 0 aliphatic carbocycles. The summed E-state index contributed by atoms with van der Waals surface area (Å²) in [6.07, 6.45) is -0.313. The summed E-state index contributed by atoms with van der Waals surface area (Å²) in [6, 6.07) is 0.740. The van der Waals surface area contributed by atoms with E-state index in [0.717, 1.165) is 51.9 Å². The molecule has 0 aromatic heterocycles. The zero-order valence-electron chi connectivity index (χ0n) is 13.9. The summed E-state index contributed by atoms with van der Waals surface area (Å²) >= 11 is 0. The Balaban J connectivity index is 1.55. The molecular formula is C16H27F3N4O. The fourth-order valence-electron chi connectivity index (χ4n) is 4.54. The number of rotatable bonds is 3. The van der Waals surface area contributed by atoms with Crippen molar-refractivity contribution >= 4 is 5.91 Å². The first-order valence-electron chi connectivity index (χ1n) is 8.91. The van der Waals surface area contributed by atoms with Gasteiger partial charge in [-0.3, -0.25) is 9.69 Å². The lowest BCUT2D eigenvalue weighted by Crippen LogP contribution is -2.50. The normalized spacial score (nSPS) is 32.3. The van der Waals surface area contributed by atoms with Gasteiger partial charge in [0.05, 0.1) is 11.8 Å². The molecule has 0 aromatic carbocycles. The molecule has 138 valence electrons. The number of amides is 1. The lowest BCUT2D eigenvalue weighted by atomic mass is 9.95. The van der Waals surface area contributed by atoms with Crippen LogP contribution in [0.5, 0.6) is 0 Å². The minimum absolute atomic E-state index is 0.0882. The van der Waals surface area contributed by atoms with Gasteiger partial charge in [0.25, 0.3) is 0 Å². The third kappa shape index (κ3) is 3.86. The molecule has 3 aliphatic heterocycles. The summed E-state index contributed by atoms with van der Waals surface area (Å²) < 4.78 is 39.5. The molecule has 0 saturated carbocycles. The van der Waals surface area contributed by atoms with Gasteiger partial charge in [0.15, 0.2) is 0 Å². The smallest absolute Gasteiger partial charge is 0.369 e. The third-order valence-corrected chi connectivity index (χ3v) is 5.97. The molecule has 0 aromatic rings. The van der Waals surface area contributed by atoms with E-state index in [1.54, 1.807) is 0 Å². The molecule has 24 heavy (non-hydrogen) atoms. The van der Waals surface area contributed by atoms with E-state index in [2.05, 4.69) is 10.2 Å². The van der Waals surface area contributed by atoms with Crippen LogP contribution in [0.4, 0.5) is 13.2 Å². The van der Waals surface area contributed by atoms with Gasteiger partial charge < -0.3 is 16.0 Å². The van der Waals surface area contributed by atoms with E-state index in [9.17, 15) is 18.0 Å². The molecule has 1 amide bonds. The third-order valence-electron chi connectivity index (χ3n) is 5.97.